The van der Waals surface area contributed by atoms with Crippen LogP contribution < -0.4 is 5.32 Å². The normalized spacial score (nSPS) is 18.9. The molecule has 1 aliphatic carbocycles. The molecule has 20 heavy (non-hydrogen) atoms. The maximum Gasteiger partial charge on any atom is 0.0558 e. The van der Waals surface area contributed by atoms with Gasteiger partial charge in [0.2, 0.25) is 0 Å². The van der Waals surface area contributed by atoms with Crippen LogP contribution in [0.4, 0.5) is 0 Å². The Balaban J connectivity index is 2.48. The topological polar surface area (TPSA) is 35.5 Å². The van der Waals surface area contributed by atoms with Crippen LogP contribution in [0.25, 0.3) is 0 Å². The molecule has 120 valence electrons. The molecule has 1 unspecified atom stereocenters. The summed E-state index contributed by atoms with van der Waals surface area (Å²) in [6, 6.07) is 1.28. The predicted molar refractivity (Wildman–Crippen MR) is 87.1 cm³/mol. The van der Waals surface area contributed by atoms with E-state index in [0.29, 0.717) is 24.1 Å². The Morgan fingerprint density at radius 1 is 1.20 bits per heavy atom. The van der Waals surface area contributed by atoms with Crippen LogP contribution in [0.15, 0.2) is 0 Å². The fraction of sp³-hybridized carbons (Fsp3) is 1.00. The standard InChI is InChI=1S/C17H36N2O/c1-5-11-18-16(17(2,3)4)10-12-19(13-14-20)15-8-6-7-9-15/h15-16,18,20H,5-14H2,1-4H3. The number of nitrogens with zero attached hydrogens (tertiary/aromatic N) is 1. The lowest BCUT2D eigenvalue weighted by atomic mass is 9.84. The maximum absolute atomic E-state index is 9.31. The van der Waals surface area contributed by atoms with Crippen LogP contribution in [0.5, 0.6) is 0 Å². The van der Waals surface area contributed by atoms with Crippen LogP contribution in [0, 0.1) is 5.41 Å². The van der Waals surface area contributed by atoms with Gasteiger partial charge in [0.15, 0.2) is 0 Å². The molecule has 0 bridgehead atoms. The summed E-state index contributed by atoms with van der Waals surface area (Å²) in [6.45, 7) is 12.6. The number of aliphatic hydroxyl groups is 1. The van der Waals surface area contributed by atoms with Crippen LogP contribution in [0.1, 0.15) is 66.2 Å². The Hall–Kier alpha value is -0.120. The fourth-order valence-electron chi connectivity index (χ4n) is 3.33. The van der Waals surface area contributed by atoms with E-state index in [9.17, 15) is 5.11 Å². The van der Waals surface area contributed by atoms with E-state index < -0.39 is 0 Å². The molecule has 0 amide bonds. The van der Waals surface area contributed by atoms with Crippen molar-refractivity contribution in [2.75, 3.05) is 26.2 Å². The molecule has 3 nitrogen and oxygen atoms in total. The molecule has 0 aromatic heterocycles. The second kappa shape index (κ2) is 9.01. The van der Waals surface area contributed by atoms with Crippen molar-refractivity contribution >= 4 is 0 Å². The van der Waals surface area contributed by atoms with E-state index in [1.165, 1.54) is 38.5 Å². The van der Waals surface area contributed by atoms with Crippen molar-refractivity contribution in [2.24, 2.45) is 5.41 Å². The van der Waals surface area contributed by atoms with E-state index in [4.69, 9.17) is 0 Å². The average molecular weight is 284 g/mol. The Morgan fingerprint density at radius 3 is 2.35 bits per heavy atom. The molecule has 1 saturated carbocycles. The van der Waals surface area contributed by atoms with Crippen molar-refractivity contribution in [1.82, 2.24) is 10.2 Å². The minimum Gasteiger partial charge on any atom is -0.395 e. The van der Waals surface area contributed by atoms with Gasteiger partial charge < -0.3 is 10.4 Å². The van der Waals surface area contributed by atoms with Gasteiger partial charge in [-0.1, -0.05) is 40.5 Å². The average Bonchev–Trinajstić information content (AvgIpc) is 2.89. The van der Waals surface area contributed by atoms with Crippen molar-refractivity contribution in [1.29, 1.82) is 0 Å². The number of hydrogen-bond donors (Lipinski definition) is 2. The Bertz CT molecular complexity index is 244. The first-order chi connectivity index (χ1) is 9.49. The second-order valence-corrected chi connectivity index (χ2v) is 7.36. The van der Waals surface area contributed by atoms with Gasteiger partial charge in [-0.25, -0.2) is 0 Å². The molecular formula is C17H36N2O. The van der Waals surface area contributed by atoms with Crippen LogP contribution in [0.3, 0.4) is 0 Å². The number of hydrogen-bond acceptors (Lipinski definition) is 3. The van der Waals surface area contributed by atoms with Crippen molar-refractivity contribution in [3.63, 3.8) is 0 Å². The van der Waals surface area contributed by atoms with E-state index in [1.807, 2.05) is 0 Å². The molecular weight excluding hydrogens is 248 g/mol. The largest absolute Gasteiger partial charge is 0.395 e. The van der Waals surface area contributed by atoms with Crippen molar-refractivity contribution in [3.8, 4) is 0 Å². The van der Waals surface area contributed by atoms with E-state index >= 15 is 0 Å². The van der Waals surface area contributed by atoms with Gasteiger partial charge in [0.1, 0.15) is 0 Å². The highest BCUT2D eigenvalue weighted by Gasteiger charge is 2.27. The van der Waals surface area contributed by atoms with Gasteiger partial charge in [0.25, 0.3) is 0 Å². The van der Waals surface area contributed by atoms with Gasteiger partial charge in [0.05, 0.1) is 6.61 Å². The number of nitrogens with one attached hydrogen (secondary N) is 1. The van der Waals surface area contributed by atoms with Crippen molar-refractivity contribution in [2.45, 2.75) is 78.3 Å². The summed E-state index contributed by atoms with van der Waals surface area (Å²) in [5, 5.41) is 13.0. The highest BCUT2D eigenvalue weighted by molar-refractivity contribution is 4.84. The highest BCUT2D eigenvalue weighted by atomic mass is 16.3. The molecule has 0 saturated heterocycles. The zero-order valence-corrected chi connectivity index (χ0v) is 14.1. The van der Waals surface area contributed by atoms with E-state index in [0.717, 1.165) is 19.6 Å². The maximum atomic E-state index is 9.31. The zero-order valence-electron chi connectivity index (χ0n) is 14.1. The van der Waals surface area contributed by atoms with Crippen LogP contribution in [-0.2, 0) is 0 Å². The number of aliphatic hydroxyl groups excluding tert-OH is 1. The Kier molecular flexibility index (Phi) is 8.08. The third kappa shape index (κ3) is 6.11. The van der Waals surface area contributed by atoms with Gasteiger partial charge in [-0.3, -0.25) is 4.90 Å². The van der Waals surface area contributed by atoms with Gasteiger partial charge in [-0.05, 0) is 37.6 Å². The molecule has 1 fully saturated rings. The lowest BCUT2D eigenvalue weighted by Gasteiger charge is -2.35. The van der Waals surface area contributed by atoms with Gasteiger partial charge in [-0.2, -0.15) is 0 Å². The zero-order chi connectivity index (χ0) is 15.0. The molecule has 1 atom stereocenters. The smallest absolute Gasteiger partial charge is 0.0558 e. The lowest BCUT2D eigenvalue weighted by molar-refractivity contribution is 0.133. The molecule has 1 aliphatic rings. The van der Waals surface area contributed by atoms with Crippen molar-refractivity contribution in [3.05, 3.63) is 0 Å². The van der Waals surface area contributed by atoms with Gasteiger partial charge in [0, 0.05) is 25.2 Å². The minimum atomic E-state index is 0.291. The monoisotopic (exact) mass is 284 g/mol. The summed E-state index contributed by atoms with van der Waals surface area (Å²) in [7, 11) is 0. The first-order valence-electron chi connectivity index (χ1n) is 8.57. The first-order valence-corrected chi connectivity index (χ1v) is 8.57. The molecule has 0 spiro atoms. The summed E-state index contributed by atoms with van der Waals surface area (Å²) >= 11 is 0. The first kappa shape index (κ1) is 17.9. The highest BCUT2D eigenvalue weighted by Crippen LogP contribution is 2.26. The molecule has 0 aromatic carbocycles. The summed E-state index contributed by atoms with van der Waals surface area (Å²) in [5.41, 5.74) is 0.301. The molecule has 0 aliphatic heterocycles. The Morgan fingerprint density at radius 2 is 1.85 bits per heavy atom. The number of rotatable bonds is 9. The second-order valence-electron chi connectivity index (χ2n) is 7.36. The third-order valence-corrected chi connectivity index (χ3v) is 4.62. The van der Waals surface area contributed by atoms with Crippen LogP contribution in [0.2, 0.25) is 0 Å². The van der Waals surface area contributed by atoms with Crippen LogP contribution in [-0.4, -0.2) is 48.3 Å². The molecule has 0 heterocycles. The predicted octanol–water partition coefficient (Wildman–Crippen LogP) is 3.03. The quantitative estimate of drug-likeness (QED) is 0.683. The molecule has 0 radical (unpaired) electrons. The Labute approximate surface area is 126 Å². The SMILES string of the molecule is CCCNC(CCN(CCO)C1CCCC1)C(C)(C)C. The summed E-state index contributed by atoms with van der Waals surface area (Å²) in [5.74, 6) is 0. The molecule has 3 heteroatoms. The minimum absolute atomic E-state index is 0.291. The summed E-state index contributed by atoms with van der Waals surface area (Å²) in [4.78, 5) is 2.53. The summed E-state index contributed by atoms with van der Waals surface area (Å²) in [6.07, 6.45) is 7.74. The molecule has 2 N–H and O–H groups in total. The van der Waals surface area contributed by atoms with E-state index in [2.05, 4.69) is 37.9 Å². The third-order valence-electron chi connectivity index (χ3n) is 4.62. The van der Waals surface area contributed by atoms with Gasteiger partial charge in [-0.15, -0.1) is 0 Å². The molecule has 0 aromatic rings. The summed E-state index contributed by atoms with van der Waals surface area (Å²) < 4.78 is 0. The van der Waals surface area contributed by atoms with Crippen molar-refractivity contribution < 1.29 is 5.11 Å². The van der Waals surface area contributed by atoms with E-state index in [1.54, 1.807) is 0 Å². The van der Waals surface area contributed by atoms with Crippen LogP contribution >= 0.6 is 0 Å². The van der Waals surface area contributed by atoms with E-state index in [-0.39, 0.29) is 0 Å². The molecule has 1 rings (SSSR count). The lowest BCUT2D eigenvalue weighted by Crippen LogP contribution is -2.45. The fourth-order valence-corrected chi connectivity index (χ4v) is 3.33. The van der Waals surface area contributed by atoms with Gasteiger partial charge >= 0.3 is 0 Å².